The number of nitrogens with zero attached hydrogens (tertiary/aromatic N) is 4. The lowest BCUT2D eigenvalue weighted by atomic mass is 10.1. The maximum atomic E-state index is 12.7. The molecule has 1 N–H and O–H groups in total. The molecule has 2 aromatic carbocycles. The van der Waals surface area contributed by atoms with E-state index in [1.807, 2.05) is 36.9 Å². The number of carbonyl (C=O) groups excluding carboxylic acids is 1. The largest absolute Gasteiger partial charge is 0.304 e. The summed E-state index contributed by atoms with van der Waals surface area (Å²) in [5, 5.41) is 12.5. The monoisotopic (exact) mass is 511 g/mol. The van der Waals surface area contributed by atoms with Crippen LogP contribution in [0.5, 0.6) is 0 Å². The first kappa shape index (κ1) is 22.3. The standard InChI is InChI=1S/C24H23BrClN5O/c1-15-4-6-18(7-5-15)12-30-14-21(25)23(29-30)27-24(32)20-10-8-19(9-11-20)13-31-17(3)22(26)16(2)28-31/h4-11,14H,12-13H2,1-3H3,(H,27,29,32). The predicted molar refractivity (Wildman–Crippen MR) is 130 cm³/mol. The van der Waals surface area contributed by atoms with E-state index in [9.17, 15) is 4.79 Å². The number of anilines is 1. The van der Waals surface area contributed by atoms with Crippen molar-refractivity contribution in [2.24, 2.45) is 0 Å². The second-order valence-electron chi connectivity index (χ2n) is 7.80. The van der Waals surface area contributed by atoms with Crippen LogP contribution in [0, 0.1) is 20.8 Å². The normalized spacial score (nSPS) is 11.0. The van der Waals surface area contributed by atoms with Crippen LogP contribution in [-0.2, 0) is 13.1 Å². The number of aromatic nitrogens is 4. The Balaban J connectivity index is 1.42. The number of aryl methyl sites for hydroxylation is 2. The summed E-state index contributed by atoms with van der Waals surface area (Å²) in [5.74, 6) is 0.274. The molecule has 0 aliphatic rings. The number of hydrogen-bond donors (Lipinski definition) is 1. The van der Waals surface area contributed by atoms with Crippen molar-refractivity contribution in [1.29, 1.82) is 0 Å². The maximum Gasteiger partial charge on any atom is 0.256 e. The molecule has 32 heavy (non-hydrogen) atoms. The zero-order valence-corrected chi connectivity index (χ0v) is 20.4. The van der Waals surface area contributed by atoms with Crippen molar-refractivity contribution in [3.63, 3.8) is 0 Å². The molecule has 0 radical (unpaired) electrons. The molecule has 8 heteroatoms. The van der Waals surface area contributed by atoms with Crippen LogP contribution in [0.3, 0.4) is 0 Å². The molecule has 0 atom stereocenters. The number of amides is 1. The van der Waals surface area contributed by atoms with E-state index in [0.29, 0.717) is 29.5 Å². The molecule has 2 aromatic heterocycles. The van der Waals surface area contributed by atoms with Gasteiger partial charge in [0.25, 0.3) is 5.91 Å². The molecule has 4 rings (SSSR count). The Kier molecular flexibility index (Phi) is 6.48. The highest BCUT2D eigenvalue weighted by atomic mass is 79.9. The lowest BCUT2D eigenvalue weighted by Crippen LogP contribution is -2.13. The summed E-state index contributed by atoms with van der Waals surface area (Å²) in [7, 11) is 0. The van der Waals surface area contributed by atoms with Crippen LogP contribution < -0.4 is 5.32 Å². The molecule has 0 saturated heterocycles. The minimum absolute atomic E-state index is 0.216. The van der Waals surface area contributed by atoms with Gasteiger partial charge < -0.3 is 5.32 Å². The molecule has 2 heterocycles. The average Bonchev–Trinajstić information content (AvgIpc) is 3.23. The molecular formula is C24H23BrClN5O. The van der Waals surface area contributed by atoms with Gasteiger partial charge in [0.05, 0.1) is 34.0 Å². The quantitative estimate of drug-likeness (QED) is 0.357. The van der Waals surface area contributed by atoms with E-state index in [1.54, 1.807) is 16.8 Å². The van der Waals surface area contributed by atoms with Crippen LogP contribution in [0.25, 0.3) is 0 Å². The first-order valence-electron chi connectivity index (χ1n) is 10.2. The van der Waals surface area contributed by atoms with Crippen molar-refractivity contribution in [1.82, 2.24) is 19.6 Å². The molecule has 164 valence electrons. The smallest absolute Gasteiger partial charge is 0.256 e. The minimum atomic E-state index is -0.216. The van der Waals surface area contributed by atoms with Gasteiger partial charge in [-0.25, -0.2) is 0 Å². The topological polar surface area (TPSA) is 64.7 Å². The van der Waals surface area contributed by atoms with Gasteiger partial charge in [0.2, 0.25) is 0 Å². The van der Waals surface area contributed by atoms with Gasteiger partial charge in [-0.05, 0) is 60.0 Å². The van der Waals surface area contributed by atoms with Crippen molar-refractivity contribution in [2.45, 2.75) is 33.9 Å². The fraction of sp³-hybridized carbons (Fsp3) is 0.208. The van der Waals surface area contributed by atoms with Gasteiger partial charge in [0.1, 0.15) is 0 Å². The Labute approximate surface area is 200 Å². The summed E-state index contributed by atoms with van der Waals surface area (Å²) in [6, 6.07) is 15.7. The van der Waals surface area contributed by atoms with Crippen LogP contribution >= 0.6 is 27.5 Å². The SMILES string of the molecule is Cc1ccc(Cn2cc(Br)c(NC(=O)c3ccc(Cn4nc(C)c(Cl)c4C)cc3)n2)cc1. The van der Waals surface area contributed by atoms with E-state index in [0.717, 1.165) is 27.0 Å². The third-order valence-electron chi connectivity index (χ3n) is 5.26. The summed E-state index contributed by atoms with van der Waals surface area (Å²) >= 11 is 9.71. The average molecular weight is 513 g/mol. The summed E-state index contributed by atoms with van der Waals surface area (Å²) in [6.07, 6.45) is 1.86. The molecule has 0 spiro atoms. The van der Waals surface area contributed by atoms with Crippen molar-refractivity contribution < 1.29 is 4.79 Å². The van der Waals surface area contributed by atoms with Crippen LogP contribution in [-0.4, -0.2) is 25.5 Å². The van der Waals surface area contributed by atoms with Gasteiger partial charge >= 0.3 is 0 Å². The molecular weight excluding hydrogens is 490 g/mol. The molecule has 0 aliphatic carbocycles. The van der Waals surface area contributed by atoms with Crippen LogP contribution in [0.1, 0.15) is 38.4 Å². The Morgan fingerprint density at radius 1 is 0.969 bits per heavy atom. The second-order valence-corrected chi connectivity index (χ2v) is 9.03. The molecule has 0 bridgehead atoms. The van der Waals surface area contributed by atoms with E-state index in [4.69, 9.17) is 11.6 Å². The Morgan fingerprint density at radius 2 is 1.59 bits per heavy atom. The minimum Gasteiger partial charge on any atom is -0.304 e. The van der Waals surface area contributed by atoms with Gasteiger partial charge in [-0.2, -0.15) is 10.2 Å². The lowest BCUT2D eigenvalue weighted by molar-refractivity contribution is 0.102. The third-order valence-corrected chi connectivity index (χ3v) is 6.38. The van der Waals surface area contributed by atoms with Crippen molar-refractivity contribution in [3.8, 4) is 0 Å². The Morgan fingerprint density at radius 3 is 2.22 bits per heavy atom. The van der Waals surface area contributed by atoms with E-state index in [-0.39, 0.29) is 5.91 Å². The fourth-order valence-corrected chi connectivity index (χ4v) is 3.94. The molecule has 0 unspecified atom stereocenters. The lowest BCUT2D eigenvalue weighted by Gasteiger charge is -2.07. The van der Waals surface area contributed by atoms with E-state index < -0.39 is 0 Å². The van der Waals surface area contributed by atoms with Gasteiger partial charge in [-0.3, -0.25) is 14.2 Å². The number of halogens is 2. The predicted octanol–water partition coefficient (Wildman–Crippen LogP) is 5.77. The van der Waals surface area contributed by atoms with Gasteiger partial charge in [0, 0.05) is 11.8 Å². The van der Waals surface area contributed by atoms with Gasteiger partial charge in [-0.15, -0.1) is 0 Å². The summed E-state index contributed by atoms with van der Waals surface area (Å²) in [5.41, 5.74) is 5.69. The Bertz CT molecular complexity index is 1260. The fourth-order valence-electron chi connectivity index (χ4n) is 3.39. The van der Waals surface area contributed by atoms with E-state index >= 15 is 0 Å². The summed E-state index contributed by atoms with van der Waals surface area (Å²) < 4.78 is 4.40. The number of carbonyl (C=O) groups is 1. The number of nitrogens with one attached hydrogen (secondary N) is 1. The molecule has 4 aromatic rings. The maximum absolute atomic E-state index is 12.7. The number of benzene rings is 2. The van der Waals surface area contributed by atoms with Gasteiger partial charge in [-0.1, -0.05) is 53.6 Å². The van der Waals surface area contributed by atoms with Crippen LogP contribution in [0.4, 0.5) is 5.82 Å². The third kappa shape index (κ3) is 4.95. The van der Waals surface area contributed by atoms with Crippen molar-refractivity contribution in [2.75, 3.05) is 5.32 Å². The highest BCUT2D eigenvalue weighted by Gasteiger charge is 2.13. The summed E-state index contributed by atoms with van der Waals surface area (Å²) in [6.45, 7) is 7.11. The first-order chi connectivity index (χ1) is 15.3. The molecule has 1 amide bonds. The molecule has 0 fully saturated rings. The molecule has 0 aliphatic heterocycles. The summed E-state index contributed by atoms with van der Waals surface area (Å²) in [4.78, 5) is 12.7. The Hall–Kier alpha value is -2.90. The molecule has 0 saturated carbocycles. The number of hydrogen-bond acceptors (Lipinski definition) is 3. The zero-order valence-electron chi connectivity index (χ0n) is 18.1. The first-order valence-corrected chi connectivity index (χ1v) is 11.4. The van der Waals surface area contributed by atoms with E-state index in [1.165, 1.54) is 5.56 Å². The van der Waals surface area contributed by atoms with E-state index in [2.05, 4.69) is 62.6 Å². The van der Waals surface area contributed by atoms with Crippen molar-refractivity contribution >= 4 is 39.3 Å². The number of rotatable bonds is 6. The van der Waals surface area contributed by atoms with Crippen molar-refractivity contribution in [3.05, 3.63) is 97.9 Å². The second kappa shape index (κ2) is 9.30. The highest BCUT2D eigenvalue weighted by molar-refractivity contribution is 9.10. The van der Waals surface area contributed by atoms with Crippen LogP contribution in [0.15, 0.2) is 59.2 Å². The van der Waals surface area contributed by atoms with Gasteiger partial charge in [0.15, 0.2) is 5.82 Å². The van der Waals surface area contributed by atoms with Crippen LogP contribution in [0.2, 0.25) is 5.02 Å². The zero-order chi connectivity index (χ0) is 22.8. The molecule has 6 nitrogen and oxygen atoms in total. The highest BCUT2D eigenvalue weighted by Crippen LogP contribution is 2.22.